The summed E-state index contributed by atoms with van der Waals surface area (Å²) in [6, 6.07) is 10.5. The number of halogens is 1. The molecular weight excluding hydrogens is 470 g/mol. The largest absolute Gasteiger partial charge is 0.329 e. The number of amides is 1. The topological polar surface area (TPSA) is 97.2 Å². The van der Waals surface area contributed by atoms with E-state index >= 15 is 0 Å². The van der Waals surface area contributed by atoms with Gasteiger partial charge in [-0.25, -0.2) is 18.4 Å². The van der Waals surface area contributed by atoms with Crippen LogP contribution in [0.2, 0.25) is 5.15 Å². The number of aryl methyl sites for hydroxylation is 1. The molecule has 1 aromatic carbocycles. The molecule has 4 rings (SSSR count). The number of aromatic nitrogens is 3. The van der Waals surface area contributed by atoms with Crippen molar-refractivity contribution >= 4 is 45.0 Å². The second kappa shape index (κ2) is 9.62. The number of anilines is 1. The van der Waals surface area contributed by atoms with Crippen molar-refractivity contribution in [3.8, 4) is 0 Å². The second-order valence-electron chi connectivity index (χ2n) is 7.38. The van der Waals surface area contributed by atoms with Gasteiger partial charge in [0.15, 0.2) is 5.16 Å². The maximum absolute atomic E-state index is 12.9. The van der Waals surface area contributed by atoms with E-state index in [4.69, 9.17) is 11.6 Å². The fourth-order valence-corrected chi connectivity index (χ4v) is 6.29. The van der Waals surface area contributed by atoms with E-state index in [1.165, 1.54) is 28.3 Å². The van der Waals surface area contributed by atoms with Crippen LogP contribution >= 0.6 is 23.4 Å². The molecular formula is C21H22ClN5O3S2. The number of para-hydroxylation sites is 1. The van der Waals surface area contributed by atoms with Crippen LogP contribution in [0, 0.1) is 5.92 Å². The Balaban J connectivity index is 1.41. The third-order valence-electron chi connectivity index (χ3n) is 5.29. The van der Waals surface area contributed by atoms with E-state index in [9.17, 15) is 13.2 Å². The maximum atomic E-state index is 12.9. The molecule has 32 heavy (non-hydrogen) atoms. The summed E-state index contributed by atoms with van der Waals surface area (Å²) in [6.07, 6.45) is 5.89. The highest BCUT2D eigenvalue weighted by Crippen LogP contribution is 2.33. The summed E-state index contributed by atoms with van der Waals surface area (Å²) < 4.78 is 29.1. The molecule has 0 bridgehead atoms. The van der Waals surface area contributed by atoms with Gasteiger partial charge in [0.25, 0.3) is 0 Å². The number of rotatable bonds is 6. The number of hydrogen-bond donors (Lipinski definition) is 1. The molecule has 1 amide bonds. The first kappa shape index (κ1) is 22.8. The number of benzene rings is 1. The number of sulfonamides is 1. The molecule has 1 saturated heterocycles. The van der Waals surface area contributed by atoms with Gasteiger partial charge in [-0.2, -0.15) is 4.31 Å². The molecule has 3 aromatic rings. The molecule has 0 unspecified atom stereocenters. The molecule has 0 aliphatic carbocycles. The molecule has 168 valence electrons. The van der Waals surface area contributed by atoms with Crippen LogP contribution in [-0.2, 0) is 21.9 Å². The van der Waals surface area contributed by atoms with Crippen LogP contribution in [0.3, 0.4) is 0 Å². The minimum absolute atomic E-state index is 0.00944. The minimum atomic E-state index is -3.75. The third-order valence-corrected chi connectivity index (χ3v) is 8.79. The van der Waals surface area contributed by atoms with Gasteiger partial charge in [0.2, 0.25) is 15.9 Å². The standard InChI is InChI=1S/C21H22ClN5O3S2/c1-26-14-11-24-21(26)31-17-6-3-2-5-16(17)25-20(28)15-8-12-27(13-9-15)32(29,30)18-7-4-10-23-19(18)22/h2-7,10-11,14-15H,8-9,12-13H2,1H3,(H,25,28). The molecule has 8 nitrogen and oxygen atoms in total. The molecule has 3 heterocycles. The van der Waals surface area contributed by atoms with Crippen molar-refractivity contribution in [1.82, 2.24) is 18.8 Å². The summed E-state index contributed by atoms with van der Waals surface area (Å²) in [5.74, 6) is -0.397. The monoisotopic (exact) mass is 491 g/mol. The van der Waals surface area contributed by atoms with E-state index in [2.05, 4.69) is 15.3 Å². The molecule has 1 N–H and O–H groups in total. The van der Waals surface area contributed by atoms with E-state index in [0.29, 0.717) is 18.5 Å². The van der Waals surface area contributed by atoms with Crippen LogP contribution in [-0.4, -0.2) is 46.3 Å². The Morgan fingerprint density at radius 1 is 1.12 bits per heavy atom. The van der Waals surface area contributed by atoms with Crippen LogP contribution in [0.5, 0.6) is 0 Å². The van der Waals surface area contributed by atoms with Gasteiger partial charge in [0.05, 0.1) is 5.69 Å². The predicted molar refractivity (Wildman–Crippen MR) is 123 cm³/mol. The summed E-state index contributed by atoms with van der Waals surface area (Å²) in [5.41, 5.74) is 0.711. The Morgan fingerprint density at radius 2 is 1.88 bits per heavy atom. The normalized spacial score (nSPS) is 15.6. The molecule has 2 aromatic heterocycles. The van der Waals surface area contributed by atoms with Crippen LogP contribution < -0.4 is 5.32 Å². The zero-order valence-electron chi connectivity index (χ0n) is 17.3. The molecule has 1 aliphatic heterocycles. The Morgan fingerprint density at radius 3 is 2.56 bits per heavy atom. The first-order valence-corrected chi connectivity index (χ1v) is 12.7. The fraction of sp³-hybridized carbons (Fsp3) is 0.286. The molecule has 0 radical (unpaired) electrons. The second-order valence-corrected chi connectivity index (χ2v) is 10.7. The summed E-state index contributed by atoms with van der Waals surface area (Å²) in [7, 11) is -1.83. The van der Waals surface area contributed by atoms with Gasteiger partial charge in [-0.15, -0.1) is 0 Å². The van der Waals surface area contributed by atoms with Crippen molar-refractivity contribution in [3.63, 3.8) is 0 Å². The number of hydrogen-bond acceptors (Lipinski definition) is 6. The van der Waals surface area contributed by atoms with Crippen LogP contribution in [0.4, 0.5) is 5.69 Å². The number of nitrogens with zero attached hydrogens (tertiary/aromatic N) is 4. The number of carbonyl (C=O) groups excluding carboxylic acids is 1. The van der Waals surface area contributed by atoms with Crippen LogP contribution in [0.1, 0.15) is 12.8 Å². The Kier molecular flexibility index (Phi) is 6.85. The number of nitrogens with one attached hydrogen (secondary N) is 1. The highest BCUT2D eigenvalue weighted by atomic mass is 35.5. The van der Waals surface area contributed by atoms with E-state index in [0.717, 1.165) is 10.1 Å². The predicted octanol–water partition coefficient (Wildman–Crippen LogP) is 3.66. The highest BCUT2D eigenvalue weighted by molar-refractivity contribution is 7.99. The molecule has 11 heteroatoms. The maximum Gasteiger partial charge on any atom is 0.246 e. The van der Waals surface area contributed by atoms with Crippen molar-refractivity contribution in [3.05, 3.63) is 60.1 Å². The van der Waals surface area contributed by atoms with Crippen molar-refractivity contribution in [2.24, 2.45) is 13.0 Å². The molecule has 0 spiro atoms. The lowest BCUT2D eigenvalue weighted by molar-refractivity contribution is -0.120. The van der Waals surface area contributed by atoms with Crippen LogP contribution in [0.25, 0.3) is 0 Å². The lowest BCUT2D eigenvalue weighted by Gasteiger charge is -2.30. The van der Waals surface area contributed by atoms with Gasteiger partial charge in [-0.1, -0.05) is 23.7 Å². The zero-order valence-corrected chi connectivity index (χ0v) is 19.7. The molecule has 1 fully saturated rings. The van der Waals surface area contributed by atoms with E-state index in [-0.39, 0.29) is 35.0 Å². The van der Waals surface area contributed by atoms with Crippen LogP contribution in [0.15, 0.2) is 69.9 Å². The average Bonchev–Trinajstić information content (AvgIpc) is 3.19. The summed E-state index contributed by atoms with van der Waals surface area (Å²) in [5, 5.41) is 3.78. The lowest BCUT2D eigenvalue weighted by atomic mass is 9.97. The van der Waals surface area contributed by atoms with Crippen molar-refractivity contribution in [2.75, 3.05) is 18.4 Å². The van der Waals surface area contributed by atoms with E-state index < -0.39 is 10.0 Å². The van der Waals surface area contributed by atoms with E-state index in [1.807, 2.05) is 42.1 Å². The molecule has 0 atom stereocenters. The third kappa shape index (κ3) is 4.83. The van der Waals surface area contributed by atoms with Gasteiger partial charge in [-0.05, 0) is 48.9 Å². The van der Waals surface area contributed by atoms with Crippen molar-refractivity contribution in [1.29, 1.82) is 0 Å². The Hall–Kier alpha value is -2.40. The van der Waals surface area contributed by atoms with Crippen molar-refractivity contribution < 1.29 is 13.2 Å². The zero-order chi connectivity index (χ0) is 22.7. The number of pyridine rings is 1. The first-order valence-electron chi connectivity index (χ1n) is 10.0. The minimum Gasteiger partial charge on any atom is -0.329 e. The summed E-state index contributed by atoms with van der Waals surface area (Å²) in [6.45, 7) is 0.491. The summed E-state index contributed by atoms with van der Waals surface area (Å²) in [4.78, 5) is 22.0. The smallest absolute Gasteiger partial charge is 0.246 e. The average molecular weight is 492 g/mol. The summed E-state index contributed by atoms with van der Waals surface area (Å²) >= 11 is 7.45. The quantitative estimate of drug-likeness (QED) is 0.528. The first-order chi connectivity index (χ1) is 15.4. The molecule has 0 saturated carbocycles. The Bertz CT molecular complexity index is 1220. The highest BCUT2D eigenvalue weighted by Gasteiger charge is 2.33. The SMILES string of the molecule is Cn1ccnc1Sc1ccccc1NC(=O)C1CCN(S(=O)(=O)c2cccnc2Cl)CC1. The van der Waals surface area contributed by atoms with Gasteiger partial charge in [-0.3, -0.25) is 4.79 Å². The fourth-order valence-electron chi connectivity index (χ4n) is 3.50. The molecule has 1 aliphatic rings. The van der Waals surface area contributed by atoms with Crippen molar-refractivity contribution in [2.45, 2.75) is 27.8 Å². The van der Waals surface area contributed by atoms with E-state index in [1.54, 1.807) is 12.3 Å². The van der Waals surface area contributed by atoms with Gasteiger partial charge in [0.1, 0.15) is 10.0 Å². The lowest BCUT2D eigenvalue weighted by Crippen LogP contribution is -2.41. The number of piperidine rings is 1. The van der Waals surface area contributed by atoms with Gasteiger partial charge < -0.3 is 9.88 Å². The van der Waals surface area contributed by atoms with Gasteiger partial charge >= 0.3 is 0 Å². The Labute approximate surface area is 196 Å². The van der Waals surface area contributed by atoms with Gasteiger partial charge in [0, 0.05) is 49.5 Å². The number of imidazole rings is 1. The number of carbonyl (C=O) groups is 1.